The smallest absolute Gasteiger partial charge is 0.285 e. The van der Waals surface area contributed by atoms with Gasteiger partial charge in [-0.15, -0.1) is 0 Å². The molecular formula is C12H12F3N3O2S. The van der Waals surface area contributed by atoms with E-state index in [4.69, 9.17) is 0 Å². The molecule has 0 unspecified atom stereocenters. The van der Waals surface area contributed by atoms with Gasteiger partial charge in [0.05, 0.1) is 16.7 Å². The number of rotatable bonds is 4. The Morgan fingerprint density at radius 1 is 1.24 bits per heavy atom. The summed E-state index contributed by atoms with van der Waals surface area (Å²) in [4.78, 5) is -0.193. The van der Waals surface area contributed by atoms with Gasteiger partial charge in [-0.1, -0.05) is 0 Å². The maximum Gasteiger partial charge on any atom is 0.416 e. The normalized spacial score (nSPS) is 12.8. The molecule has 2 rings (SSSR count). The zero-order valence-electron chi connectivity index (χ0n) is 10.9. The predicted octanol–water partition coefficient (Wildman–Crippen LogP) is 2.25. The highest BCUT2D eigenvalue weighted by Crippen LogP contribution is 2.30. The van der Waals surface area contributed by atoms with Crippen LogP contribution >= 0.6 is 0 Å². The molecule has 0 aliphatic carbocycles. The van der Waals surface area contributed by atoms with Crippen molar-refractivity contribution in [2.24, 2.45) is 0 Å². The monoisotopic (exact) mass is 319 g/mol. The van der Waals surface area contributed by atoms with Crippen LogP contribution in [0.2, 0.25) is 0 Å². The van der Waals surface area contributed by atoms with Crippen LogP contribution < -0.4 is 0 Å². The van der Waals surface area contributed by atoms with E-state index in [-0.39, 0.29) is 11.4 Å². The summed E-state index contributed by atoms with van der Waals surface area (Å²) in [6.07, 6.45) is -1.48. The first-order valence-electron chi connectivity index (χ1n) is 5.82. The van der Waals surface area contributed by atoms with Crippen molar-refractivity contribution in [3.63, 3.8) is 0 Å². The van der Waals surface area contributed by atoms with Gasteiger partial charge in [-0.25, -0.2) is 8.42 Å². The molecule has 0 aliphatic heterocycles. The Labute approximate surface area is 119 Å². The third-order valence-corrected chi connectivity index (χ3v) is 4.67. The number of alkyl halides is 3. The fourth-order valence-electron chi connectivity index (χ4n) is 1.70. The molecule has 0 spiro atoms. The molecule has 0 atom stereocenters. The predicted molar refractivity (Wildman–Crippen MR) is 68.7 cm³/mol. The summed E-state index contributed by atoms with van der Waals surface area (Å²) in [7, 11) is -2.51. The highest BCUT2D eigenvalue weighted by atomic mass is 32.2. The summed E-state index contributed by atoms with van der Waals surface area (Å²) in [6.45, 7) is 0.0693. The van der Waals surface area contributed by atoms with E-state index in [2.05, 4.69) is 10.2 Å². The summed E-state index contributed by atoms with van der Waals surface area (Å²) in [5, 5.41) is 6.25. The number of nitrogens with one attached hydrogen (secondary N) is 1. The minimum atomic E-state index is -4.50. The first-order valence-corrected chi connectivity index (χ1v) is 7.26. The van der Waals surface area contributed by atoms with Gasteiger partial charge in [0.15, 0.2) is 0 Å². The topological polar surface area (TPSA) is 66.1 Å². The molecule has 0 saturated carbocycles. The van der Waals surface area contributed by atoms with E-state index >= 15 is 0 Å². The summed E-state index contributed by atoms with van der Waals surface area (Å²) >= 11 is 0. The number of sulfonamides is 1. The molecule has 5 nitrogen and oxygen atoms in total. The Morgan fingerprint density at radius 3 is 2.33 bits per heavy atom. The molecule has 1 N–H and O–H groups in total. The van der Waals surface area contributed by atoms with E-state index < -0.39 is 21.8 Å². The molecule has 0 bridgehead atoms. The Balaban J connectivity index is 2.23. The second-order valence-corrected chi connectivity index (χ2v) is 6.43. The van der Waals surface area contributed by atoms with Crippen molar-refractivity contribution in [1.29, 1.82) is 0 Å². The maximum atomic E-state index is 12.5. The van der Waals surface area contributed by atoms with Crippen LogP contribution in [0.25, 0.3) is 0 Å². The molecular weight excluding hydrogens is 307 g/mol. The van der Waals surface area contributed by atoms with E-state index in [0.29, 0.717) is 5.56 Å². The van der Waals surface area contributed by atoms with Crippen molar-refractivity contribution in [1.82, 2.24) is 14.5 Å². The number of aromatic nitrogens is 2. The van der Waals surface area contributed by atoms with E-state index in [1.807, 2.05) is 0 Å². The number of hydrogen-bond acceptors (Lipinski definition) is 3. The Morgan fingerprint density at radius 2 is 1.86 bits per heavy atom. The van der Waals surface area contributed by atoms with Gasteiger partial charge in [0.25, 0.3) is 0 Å². The first-order chi connectivity index (χ1) is 9.71. The van der Waals surface area contributed by atoms with Gasteiger partial charge in [0, 0.05) is 25.4 Å². The number of hydrogen-bond donors (Lipinski definition) is 1. The summed E-state index contributed by atoms with van der Waals surface area (Å²) in [6, 6.07) is 3.39. The van der Waals surface area contributed by atoms with Crippen molar-refractivity contribution < 1.29 is 21.6 Å². The van der Waals surface area contributed by atoms with E-state index in [9.17, 15) is 21.6 Å². The number of benzene rings is 1. The van der Waals surface area contributed by atoms with Crippen LogP contribution in [0.15, 0.2) is 41.6 Å². The summed E-state index contributed by atoms with van der Waals surface area (Å²) < 4.78 is 62.9. The summed E-state index contributed by atoms with van der Waals surface area (Å²) in [5.74, 6) is 0. The van der Waals surface area contributed by atoms with Crippen molar-refractivity contribution in [3.05, 3.63) is 47.8 Å². The van der Waals surface area contributed by atoms with Crippen molar-refractivity contribution >= 4 is 10.0 Å². The molecule has 0 radical (unpaired) electrons. The van der Waals surface area contributed by atoms with Crippen LogP contribution in [0.3, 0.4) is 0 Å². The van der Waals surface area contributed by atoms with E-state index in [1.165, 1.54) is 13.2 Å². The Kier molecular flexibility index (Phi) is 4.06. The number of aromatic amines is 1. The van der Waals surface area contributed by atoms with Crippen LogP contribution in [0.5, 0.6) is 0 Å². The Hall–Kier alpha value is -1.87. The number of H-pyrrole nitrogens is 1. The average molecular weight is 319 g/mol. The maximum absolute atomic E-state index is 12.5. The summed E-state index contributed by atoms with van der Waals surface area (Å²) in [5.41, 5.74) is -0.244. The second-order valence-electron chi connectivity index (χ2n) is 4.39. The van der Waals surface area contributed by atoms with Crippen molar-refractivity contribution in [3.8, 4) is 0 Å². The standard InChI is InChI=1S/C12H12F3N3O2S/c1-18(8-9-6-16-17-7-9)21(19,20)11-4-2-10(3-5-11)12(13,14)15/h2-7H,8H2,1H3,(H,16,17). The van der Waals surface area contributed by atoms with E-state index in [1.54, 1.807) is 6.20 Å². The lowest BCUT2D eigenvalue weighted by atomic mass is 10.2. The van der Waals surface area contributed by atoms with Crippen molar-refractivity contribution in [2.45, 2.75) is 17.6 Å². The van der Waals surface area contributed by atoms with Gasteiger partial charge in [0.1, 0.15) is 0 Å². The third kappa shape index (κ3) is 3.42. The van der Waals surface area contributed by atoms with Crippen LogP contribution in [-0.2, 0) is 22.7 Å². The lowest BCUT2D eigenvalue weighted by molar-refractivity contribution is -0.137. The van der Waals surface area contributed by atoms with Crippen LogP contribution in [-0.4, -0.2) is 30.0 Å². The molecule has 9 heteroatoms. The van der Waals surface area contributed by atoms with Gasteiger partial charge in [0.2, 0.25) is 10.0 Å². The Bertz CT molecular complexity index is 694. The van der Waals surface area contributed by atoms with Crippen LogP contribution in [0, 0.1) is 0 Å². The highest BCUT2D eigenvalue weighted by molar-refractivity contribution is 7.89. The number of nitrogens with zero attached hydrogens (tertiary/aromatic N) is 2. The zero-order valence-corrected chi connectivity index (χ0v) is 11.7. The number of halogens is 3. The fraction of sp³-hybridized carbons (Fsp3) is 0.250. The lowest BCUT2D eigenvalue weighted by Crippen LogP contribution is -2.26. The minimum Gasteiger partial charge on any atom is -0.285 e. The average Bonchev–Trinajstić information content (AvgIpc) is 2.90. The molecule has 0 amide bonds. The largest absolute Gasteiger partial charge is 0.416 e. The molecule has 1 heterocycles. The molecule has 0 saturated heterocycles. The van der Waals surface area contributed by atoms with Gasteiger partial charge >= 0.3 is 6.18 Å². The molecule has 1 aromatic carbocycles. The SMILES string of the molecule is CN(Cc1cn[nH]c1)S(=O)(=O)c1ccc(C(F)(F)F)cc1. The second kappa shape index (κ2) is 5.49. The lowest BCUT2D eigenvalue weighted by Gasteiger charge is -2.16. The van der Waals surface area contributed by atoms with Gasteiger partial charge in [-0.3, -0.25) is 5.10 Å². The molecule has 0 aliphatic rings. The molecule has 1 aromatic heterocycles. The van der Waals surface area contributed by atoms with Gasteiger partial charge < -0.3 is 0 Å². The molecule has 21 heavy (non-hydrogen) atoms. The van der Waals surface area contributed by atoms with Gasteiger partial charge in [-0.05, 0) is 24.3 Å². The fourth-order valence-corrected chi connectivity index (χ4v) is 2.86. The third-order valence-electron chi connectivity index (χ3n) is 2.85. The highest BCUT2D eigenvalue weighted by Gasteiger charge is 2.31. The molecule has 2 aromatic rings. The molecule has 0 fully saturated rings. The van der Waals surface area contributed by atoms with Crippen LogP contribution in [0.1, 0.15) is 11.1 Å². The quantitative estimate of drug-likeness (QED) is 0.940. The van der Waals surface area contributed by atoms with Gasteiger partial charge in [-0.2, -0.15) is 22.6 Å². The van der Waals surface area contributed by atoms with E-state index in [0.717, 1.165) is 28.6 Å². The minimum absolute atomic E-state index is 0.0693. The first kappa shape index (κ1) is 15.5. The van der Waals surface area contributed by atoms with Crippen molar-refractivity contribution in [2.75, 3.05) is 7.05 Å². The zero-order chi connectivity index (χ0) is 15.7. The molecule has 114 valence electrons. The van der Waals surface area contributed by atoms with Crippen LogP contribution in [0.4, 0.5) is 13.2 Å².